The number of amides is 1. The lowest BCUT2D eigenvalue weighted by molar-refractivity contribution is -0.174. The number of rotatable bonds is 4. The Hall–Kier alpha value is -1.77. The number of anilines is 1. The van der Waals surface area contributed by atoms with Gasteiger partial charge in [-0.3, -0.25) is 4.79 Å². The molecule has 1 aromatic heterocycles. The molecule has 9 heteroatoms. The highest BCUT2D eigenvalue weighted by molar-refractivity contribution is 5.93. The summed E-state index contributed by atoms with van der Waals surface area (Å²) >= 11 is 0. The van der Waals surface area contributed by atoms with Gasteiger partial charge in [-0.25, -0.2) is 4.68 Å². The molecule has 6 nitrogen and oxygen atoms in total. The third-order valence-corrected chi connectivity index (χ3v) is 5.16. The second-order valence-electron chi connectivity index (χ2n) is 7.09. The Bertz CT molecular complexity index is 650. The largest absolute Gasteiger partial charge is 0.410 e. The van der Waals surface area contributed by atoms with E-state index < -0.39 is 18.1 Å². The van der Waals surface area contributed by atoms with Crippen LogP contribution in [-0.2, 0) is 4.74 Å². The maximum atomic E-state index is 13.4. The first-order chi connectivity index (χ1) is 11.9. The zero-order chi connectivity index (χ0) is 17.6. The van der Waals surface area contributed by atoms with E-state index in [2.05, 4.69) is 15.7 Å². The van der Waals surface area contributed by atoms with Crippen LogP contribution in [0, 0.1) is 5.92 Å². The van der Waals surface area contributed by atoms with Gasteiger partial charge in [-0.05, 0) is 38.0 Å². The van der Waals surface area contributed by atoms with E-state index >= 15 is 0 Å². The quantitative estimate of drug-likeness (QED) is 0.868. The second kappa shape index (κ2) is 6.19. The first-order valence-corrected chi connectivity index (χ1v) is 8.74. The first-order valence-electron chi connectivity index (χ1n) is 8.74. The van der Waals surface area contributed by atoms with Gasteiger partial charge in [-0.1, -0.05) is 0 Å². The normalized spacial score (nSPS) is 29.2. The lowest BCUT2D eigenvalue weighted by Gasteiger charge is -2.33. The van der Waals surface area contributed by atoms with Crippen molar-refractivity contribution in [2.24, 2.45) is 5.92 Å². The van der Waals surface area contributed by atoms with Crippen LogP contribution in [-0.4, -0.2) is 47.2 Å². The third-order valence-electron chi connectivity index (χ3n) is 5.16. The molecule has 1 aliphatic carbocycles. The Morgan fingerprint density at radius 3 is 2.84 bits per heavy atom. The summed E-state index contributed by atoms with van der Waals surface area (Å²) in [4.78, 5) is 12.3. The number of ether oxygens (including phenoxy) is 1. The molecule has 4 rings (SSSR count). The molecule has 1 aromatic rings. The molecule has 3 atom stereocenters. The minimum absolute atomic E-state index is 0.00574. The summed E-state index contributed by atoms with van der Waals surface area (Å²) in [6.45, 7) is 1.03. The fourth-order valence-electron chi connectivity index (χ4n) is 3.62. The summed E-state index contributed by atoms with van der Waals surface area (Å²) in [5, 5.41) is 9.77. The Balaban J connectivity index is 1.50. The minimum atomic E-state index is -4.39. The molecule has 25 heavy (non-hydrogen) atoms. The number of nitrogens with one attached hydrogen (secondary N) is 2. The number of hydrogen-bond acceptors (Lipinski definition) is 4. The van der Waals surface area contributed by atoms with Gasteiger partial charge < -0.3 is 15.4 Å². The predicted molar refractivity (Wildman–Crippen MR) is 83.4 cm³/mol. The van der Waals surface area contributed by atoms with Crippen molar-refractivity contribution in [1.82, 2.24) is 15.1 Å². The van der Waals surface area contributed by atoms with Gasteiger partial charge >= 0.3 is 6.18 Å². The summed E-state index contributed by atoms with van der Waals surface area (Å²) in [5.41, 5.74) is 0.00574. The van der Waals surface area contributed by atoms with Crippen LogP contribution in [0.5, 0.6) is 0 Å². The molecule has 0 unspecified atom stereocenters. The van der Waals surface area contributed by atoms with Crippen molar-refractivity contribution in [3.63, 3.8) is 0 Å². The average Bonchev–Trinajstić information content (AvgIpc) is 3.11. The Morgan fingerprint density at radius 1 is 1.40 bits per heavy atom. The van der Waals surface area contributed by atoms with Crippen LogP contribution in [0.2, 0.25) is 0 Å². The van der Waals surface area contributed by atoms with Gasteiger partial charge in [0.25, 0.3) is 5.91 Å². The molecular weight excluding hydrogens is 337 g/mol. The molecule has 0 spiro atoms. The van der Waals surface area contributed by atoms with Crippen LogP contribution < -0.4 is 10.6 Å². The summed E-state index contributed by atoms with van der Waals surface area (Å²) in [6, 6.07) is -0.481. The summed E-state index contributed by atoms with van der Waals surface area (Å²) in [5.74, 6) is 0.0844. The van der Waals surface area contributed by atoms with Gasteiger partial charge in [-0.15, -0.1) is 0 Å². The molecule has 3 heterocycles. The number of carbonyl (C=O) groups is 1. The number of halogens is 3. The van der Waals surface area contributed by atoms with Crippen LogP contribution in [0.15, 0.2) is 6.07 Å². The molecule has 1 saturated carbocycles. The molecule has 2 aliphatic heterocycles. The second-order valence-corrected chi connectivity index (χ2v) is 7.09. The van der Waals surface area contributed by atoms with E-state index in [1.807, 2.05) is 0 Å². The third kappa shape index (κ3) is 3.47. The standard InChI is InChI=1S/C16H21F3N4O2/c17-16(18,19)13-6-11(9-3-4-9)21-14-7-12(22-23(13)14)15(24)20-8-10-2-1-5-25-10/h7,9-11,13,21H,1-6,8H2,(H,20,24)/t10-,11+,13+/m0/s1. The number of nitrogens with zero attached hydrogens (tertiary/aromatic N) is 2. The Labute approximate surface area is 143 Å². The molecule has 0 aromatic carbocycles. The van der Waals surface area contributed by atoms with Crippen LogP contribution in [0.4, 0.5) is 19.0 Å². The highest BCUT2D eigenvalue weighted by atomic mass is 19.4. The molecule has 1 saturated heterocycles. The van der Waals surface area contributed by atoms with Gasteiger partial charge in [-0.2, -0.15) is 18.3 Å². The highest BCUT2D eigenvalue weighted by Gasteiger charge is 2.49. The van der Waals surface area contributed by atoms with Gasteiger partial charge in [0.1, 0.15) is 5.82 Å². The number of hydrogen-bond donors (Lipinski definition) is 2. The highest BCUT2D eigenvalue weighted by Crippen LogP contribution is 2.45. The van der Waals surface area contributed by atoms with E-state index in [0.717, 1.165) is 30.4 Å². The number of aromatic nitrogens is 2. The topological polar surface area (TPSA) is 68.2 Å². The zero-order valence-corrected chi connectivity index (χ0v) is 13.7. The lowest BCUT2D eigenvalue weighted by atomic mass is 10.0. The van der Waals surface area contributed by atoms with E-state index in [9.17, 15) is 18.0 Å². The van der Waals surface area contributed by atoms with Gasteiger partial charge in [0, 0.05) is 25.3 Å². The zero-order valence-electron chi connectivity index (χ0n) is 13.7. The molecule has 1 amide bonds. The average molecular weight is 358 g/mol. The van der Waals surface area contributed by atoms with E-state index in [0.29, 0.717) is 13.2 Å². The Kier molecular flexibility index (Phi) is 4.13. The van der Waals surface area contributed by atoms with E-state index in [4.69, 9.17) is 4.74 Å². The molecule has 2 N–H and O–H groups in total. The molecular formula is C16H21F3N4O2. The van der Waals surface area contributed by atoms with Crippen LogP contribution >= 0.6 is 0 Å². The van der Waals surface area contributed by atoms with E-state index in [-0.39, 0.29) is 36.0 Å². The summed E-state index contributed by atoms with van der Waals surface area (Å²) in [6.07, 6.45) is -0.724. The van der Waals surface area contributed by atoms with E-state index in [1.165, 1.54) is 6.07 Å². The maximum Gasteiger partial charge on any atom is 0.410 e. The van der Waals surface area contributed by atoms with Crippen molar-refractivity contribution in [1.29, 1.82) is 0 Å². The first kappa shape index (κ1) is 16.7. The van der Waals surface area contributed by atoms with Crippen molar-refractivity contribution >= 4 is 11.7 Å². The fraction of sp³-hybridized carbons (Fsp3) is 0.750. The maximum absolute atomic E-state index is 13.4. The monoisotopic (exact) mass is 358 g/mol. The van der Waals surface area contributed by atoms with Crippen molar-refractivity contribution in [2.45, 2.75) is 56.5 Å². The number of fused-ring (bicyclic) bond motifs is 1. The van der Waals surface area contributed by atoms with Crippen molar-refractivity contribution in [3.05, 3.63) is 11.8 Å². The molecule has 0 radical (unpaired) electrons. The van der Waals surface area contributed by atoms with Gasteiger partial charge in [0.2, 0.25) is 0 Å². The SMILES string of the molecule is O=C(NC[C@@H]1CCCO1)c1cc2n(n1)[C@@H](C(F)(F)F)C[C@H](C1CC1)N2. The minimum Gasteiger partial charge on any atom is -0.376 e. The fourth-order valence-corrected chi connectivity index (χ4v) is 3.62. The lowest BCUT2D eigenvalue weighted by Crippen LogP contribution is -2.40. The van der Waals surface area contributed by atoms with Gasteiger partial charge in [0.15, 0.2) is 11.7 Å². The van der Waals surface area contributed by atoms with Crippen molar-refractivity contribution in [2.75, 3.05) is 18.5 Å². The van der Waals surface area contributed by atoms with Crippen molar-refractivity contribution < 1.29 is 22.7 Å². The predicted octanol–water partition coefficient (Wildman–Crippen LogP) is 2.49. The van der Waals surface area contributed by atoms with Crippen LogP contribution in [0.1, 0.15) is 48.6 Å². The van der Waals surface area contributed by atoms with E-state index in [1.54, 1.807) is 0 Å². The number of carbonyl (C=O) groups excluding carboxylic acids is 1. The smallest absolute Gasteiger partial charge is 0.376 e. The van der Waals surface area contributed by atoms with Crippen molar-refractivity contribution in [3.8, 4) is 0 Å². The summed E-state index contributed by atoms with van der Waals surface area (Å²) < 4.78 is 46.6. The number of alkyl halides is 3. The molecule has 3 aliphatic rings. The summed E-state index contributed by atoms with van der Waals surface area (Å²) in [7, 11) is 0. The molecule has 138 valence electrons. The van der Waals surface area contributed by atoms with Gasteiger partial charge in [0.05, 0.1) is 6.10 Å². The molecule has 0 bridgehead atoms. The van der Waals surface area contributed by atoms with Crippen LogP contribution in [0.3, 0.4) is 0 Å². The molecule has 2 fully saturated rings. The Morgan fingerprint density at radius 2 is 2.20 bits per heavy atom. The van der Waals surface area contributed by atoms with Crippen LogP contribution in [0.25, 0.3) is 0 Å².